The average Bonchev–Trinajstić information content (AvgIpc) is 1.74. The Kier molecular flexibility index (Phi) is 31.2. The van der Waals surface area contributed by atoms with E-state index in [4.69, 9.17) is 9.47 Å². The number of likely N-dealkylation sites (tertiary alicyclic amines) is 3. The van der Waals surface area contributed by atoms with Crippen LogP contribution in [-0.2, 0) is 38.2 Å². The van der Waals surface area contributed by atoms with Gasteiger partial charge in [-0.05, 0) is 225 Å². The number of esters is 3. The van der Waals surface area contributed by atoms with Gasteiger partial charge >= 0.3 is 23.9 Å². The first kappa shape index (κ1) is 86.5. The van der Waals surface area contributed by atoms with Crippen molar-refractivity contribution in [1.29, 1.82) is 0 Å². The highest BCUT2D eigenvalue weighted by atomic mass is 79.9. The average molecular weight is 1580 g/mol. The zero-order chi connectivity index (χ0) is 78.2. The highest BCUT2D eigenvalue weighted by molar-refractivity contribution is 9.10. The lowest BCUT2D eigenvalue weighted by Gasteiger charge is -2.39. The summed E-state index contributed by atoms with van der Waals surface area (Å²) >= 11 is 8.25. The third-order valence-corrected chi connectivity index (χ3v) is 23.0. The highest BCUT2D eigenvalue weighted by Gasteiger charge is 2.43. The van der Waals surface area contributed by atoms with Gasteiger partial charge in [0.2, 0.25) is 29.5 Å². The van der Waals surface area contributed by atoms with Crippen LogP contribution in [0, 0.1) is 92.7 Å². The predicted octanol–water partition coefficient (Wildman–Crippen LogP) is 16.0. The van der Waals surface area contributed by atoms with Gasteiger partial charge in [-0.2, -0.15) is 0 Å². The van der Waals surface area contributed by atoms with Gasteiger partial charge in [0.25, 0.3) is 0 Å². The zero-order valence-electron chi connectivity index (χ0n) is 65.0. The maximum absolute atomic E-state index is 13.9. The Bertz CT molecular complexity index is 4070. The Morgan fingerprint density at radius 2 is 0.790 bits per heavy atom. The molecule has 24 heteroatoms. The van der Waals surface area contributed by atoms with E-state index in [9.17, 15) is 48.3 Å². The van der Waals surface area contributed by atoms with Gasteiger partial charge in [0.15, 0.2) is 0 Å². The molecule has 4 aromatic rings. The number of anilines is 3. The van der Waals surface area contributed by atoms with Crippen molar-refractivity contribution in [3.63, 3.8) is 0 Å². The Labute approximate surface area is 647 Å². The molecule has 2 aliphatic carbocycles. The molecule has 105 heavy (non-hydrogen) atoms. The number of ether oxygens (including phenoxy) is 3. The predicted molar refractivity (Wildman–Crippen MR) is 424 cm³/mol. The maximum Gasteiger partial charge on any atom is 0.350 e. The van der Waals surface area contributed by atoms with Gasteiger partial charge in [0.1, 0.15) is 37.6 Å². The molecule has 0 radical (unpaired) electrons. The minimum Gasteiger partial charge on any atom is -0.477 e. The van der Waals surface area contributed by atoms with Crippen LogP contribution in [0.5, 0.6) is 0 Å². The van der Waals surface area contributed by atoms with Gasteiger partial charge in [-0.15, -0.1) is 45.3 Å². The molecule has 0 bridgehead atoms. The standard InChI is InChI=1S/C26H36N2O4S.C25H34N2O4S.C18H24N2O3S.C12H13BrO2S/c1-17-9-11-18(12-10-17)23(29)28(20-8-7-15-27(5)24(20)30)21-16-19(13-14-26(2,3)4)33-22(21)25(31)32-6;1-16-8-10-17(11-9-16)22(28)27(19-7-6-14-26(5)23(19)29)20-15-18(12-13-25(2,3)4)32-21(20)24(30)31;1-18(2,3)9-8-12-11-14(15(24-12)17(22)23-5)19-13-7-6-10-20(4)16(13)21;1-12(2,3)6-5-8-7-9(13)10(16-8)11(14)15-4/h16-18,20H,7-12,15H2,1-6H3;15-17,19H,6-11,14H2,1-5H3,(H,30,31);11,13,19H,6-7,10H2,1-5H3;7H,1-4H3/t17?,18?,20-;16?,17?,19-;13-;/m000./s1. The lowest BCUT2D eigenvalue weighted by atomic mass is 9.82. The maximum atomic E-state index is 13.9. The number of carboxylic acids is 1. The number of carbonyl (C=O) groups excluding carboxylic acids is 8. The lowest BCUT2D eigenvalue weighted by molar-refractivity contribution is -0.136. The fourth-order valence-corrected chi connectivity index (χ4v) is 16.5. The number of thiophene rings is 4. The summed E-state index contributed by atoms with van der Waals surface area (Å²) in [5.74, 6) is 23.2. The van der Waals surface area contributed by atoms with Crippen LogP contribution in [0.2, 0.25) is 0 Å². The third-order valence-electron chi connectivity index (χ3n) is 18.0. The molecular weight excluding hydrogens is 1470 g/mol. The smallest absolute Gasteiger partial charge is 0.350 e. The first-order valence-corrected chi connectivity index (χ1v) is 40.1. The second kappa shape index (κ2) is 37.9. The van der Waals surface area contributed by atoms with Crippen molar-refractivity contribution in [2.24, 2.45) is 45.3 Å². The molecule has 0 spiro atoms. The Balaban J connectivity index is 0.000000226. The van der Waals surface area contributed by atoms with E-state index in [1.165, 1.54) is 60.2 Å². The monoisotopic (exact) mass is 1580 g/mol. The molecule has 2 saturated carbocycles. The molecular formula is C81H107BrN6O13S4. The van der Waals surface area contributed by atoms with E-state index in [1.54, 1.807) is 52.9 Å². The van der Waals surface area contributed by atoms with Crippen molar-refractivity contribution < 1.29 is 62.5 Å². The van der Waals surface area contributed by atoms with Crippen molar-refractivity contribution >= 4 is 132 Å². The normalized spacial score (nSPS) is 20.4. The van der Waals surface area contributed by atoms with E-state index < -0.39 is 30.0 Å². The summed E-state index contributed by atoms with van der Waals surface area (Å²) in [5, 5.41) is 13.1. The topological polar surface area (TPSA) is 230 Å². The number of carbonyl (C=O) groups is 9. The Hall–Kier alpha value is -7.45. The largest absolute Gasteiger partial charge is 0.477 e. The van der Waals surface area contributed by atoms with Crippen molar-refractivity contribution in [2.75, 3.05) is 77.2 Å². The number of nitrogens with one attached hydrogen (secondary N) is 1. The zero-order valence-corrected chi connectivity index (χ0v) is 69.8. The summed E-state index contributed by atoms with van der Waals surface area (Å²) in [4.78, 5) is 127. The summed E-state index contributed by atoms with van der Waals surface area (Å²) in [6, 6.07) is 5.56. The van der Waals surface area contributed by atoms with Gasteiger partial charge < -0.3 is 39.3 Å². The number of aromatic carboxylic acids is 1. The van der Waals surface area contributed by atoms with Crippen LogP contribution in [0.4, 0.5) is 17.1 Å². The first-order valence-electron chi connectivity index (χ1n) is 36.0. The second-order valence-electron chi connectivity index (χ2n) is 31.8. The number of halogens is 1. The number of nitrogens with zero attached hydrogens (tertiary/aromatic N) is 5. The third kappa shape index (κ3) is 25.3. The molecule has 4 aromatic heterocycles. The van der Waals surface area contributed by atoms with E-state index in [-0.39, 0.29) is 79.9 Å². The van der Waals surface area contributed by atoms with E-state index in [0.29, 0.717) is 79.2 Å². The van der Waals surface area contributed by atoms with Crippen LogP contribution in [0.15, 0.2) is 28.7 Å². The Morgan fingerprint density at radius 1 is 0.467 bits per heavy atom. The van der Waals surface area contributed by atoms with Gasteiger partial charge in [0, 0.05) is 78.7 Å². The van der Waals surface area contributed by atoms with Crippen LogP contribution in [0.1, 0.15) is 245 Å². The summed E-state index contributed by atoms with van der Waals surface area (Å²) in [5.41, 5.74) is 0.807. The van der Waals surface area contributed by atoms with E-state index in [2.05, 4.69) is 87.2 Å². The number of likely N-dealkylation sites (N-methyl/N-ethyl adjacent to an activating group) is 3. The highest BCUT2D eigenvalue weighted by Crippen LogP contribution is 2.41. The molecule has 3 saturated heterocycles. The number of piperidine rings is 3. The molecule has 3 atom stereocenters. The van der Waals surface area contributed by atoms with Gasteiger partial charge in [-0.1, -0.05) is 61.2 Å². The van der Waals surface area contributed by atoms with E-state index >= 15 is 0 Å². The molecule has 570 valence electrons. The quantitative estimate of drug-likeness (QED) is 0.0764. The molecule has 0 aromatic carbocycles. The minimum atomic E-state index is -1.10. The van der Waals surface area contributed by atoms with Crippen LogP contribution >= 0.6 is 61.3 Å². The van der Waals surface area contributed by atoms with Crippen LogP contribution in [-0.4, -0.2) is 153 Å². The molecule has 5 fully saturated rings. The van der Waals surface area contributed by atoms with Crippen LogP contribution in [0.25, 0.3) is 0 Å². The van der Waals surface area contributed by atoms with E-state index in [1.807, 2.05) is 95.2 Å². The molecule has 2 N–H and O–H groups in total. The molecule has 5 amide bonds. The van der Waals surface area contributed by atoms with Crippen LogP contribution < -0.4 is 15.1 Å². The molecule has 3 aliphatic heterocycles. The number of amides is 5. The molecule has 9 rings (SSSR count). The molecule has 0 unspecified atom stereocenters. The number of methoxy groups -OCH3 is 3. The lowest BCUT2D eigenvalue weighted by Crippen LogP contribution is -2.55. The van der Waals surface area contributed by atoms with Crippen molar-refractivity contribution in [2.45, 2.75) is 205 Å². The van der Waals surface area contributed by atoms with Crippen molar-refractivity contribution in [3.8, 4) is 47.4 Å². The van der Waals surface area contributed by atoms with Gasteiger partial charge in [-0.3, -0.25) is 33.8 Å². The summed E-state index contributed by atoms with van der Waals surface area (Å²) < 4.78 is 15.3. The summed E-state index contributed by atoms with van der Waals surface area (Å²) in [6.45, 7) is 30.8. The first-order chi connectivity index (χ1) is 49.0. The van der Waals surface area contributed by atoms with Gasteiger partial charge in [0.05, 0.1) is 57.9 Å². The Morgan fingerprint density at radius 3 is 1.18 bits per heavy atom. The minimum absolute atomic E-state index is 0.0398. The molecule has 19 nitrogen and oxygen atoms in total. The fourth-order valence-electron chi connectivity index (χ4n) is 12.2. The second-order valence-corrected chi connectivity index (χ2v) is 36.9. The number of carboxylic acid groups (broad SMARTS) is 1. The molecule has 5 aliphatic rings. The summed E-state index contributed by atoms with van der Waals surface area (Å²) in [7, 11) is 9.37. The van der Waals surface area contributed by atoms with E-state index in [0.717, 1.165) is 109 Å². The number of hydrogen-bond donors (Lipinski definition) is 2. The van der Waals surface area contributed by atoms with Gasteiger partial charge in [-0.25, -0.2) is 19.2 Å². The fraction of sp³-hybridized carbons (Fsp3) is 0.593. The van der Waals surface area contributed by atoms with Crippen molar-refractivity contribution in [3.05, 3.63) is 67.8 Å². The number of rotatable bonds is 12. The number of hydrogen-bond acceptors (Lipinski definition) is 17. The SMILES string of the molecule is CC1CCC(C(=O)N(c2cc(C#CC(C)(C)C)sc2C(=O)O)[C@H]2CCCN(C)C2=O)CC1.COC(=O)c1sc(C#CC(C)(C)C)cc1Br.COC(=O)c1sc(C#CC(C)(C)C)cc1N(C(=O)C1CCC(C)CC1)[C@H]1CCCN(C)C1=O.COC(=O)c1sc(C#CC(C)(C)C)cc1N[C@H]1CCCN(C)C1=O. The summed E-state index contributed by atoms with van der Waals surface area (Å²) in [6.07, 6.45) is 11.5. The molecule has 7 heterocycles. The van der Waals surface area contributed by atoms with Crippen LogP contribution in [0.3, 0.4) is 0 Å². The van der Waals surface area contributed by atoms with Crippen molar-refractivity contribution in [1.82, 2.24) is 14.7 Å².